The molecular formula is C18H17FN4O3S4. The van der Waals surface area contributed by atoms with Gasteiger partial charge in [-0.25, -0.2) is 12.8 Å². The van der Waals surface area contributed by atoms with Gasteiger partial charge in [0, 0.05) is 17.2 Å². The van der Waals surface area contributed by atoms with E-state index in [0.29, 0.717) is 18.0 Å². The van der Waals surface area contributed by atoms with Gasteiger partial charge in [0.2, 0.25) is 21.1 Å². The molecule has 1 aromatic carbocycles. The summed E-state index contributed by atoms with van der Waals surface area (Å²) in [6, 6.07) is 7.78. The smallest absolute Gasteiger partial charge is 0.244 e. The number of carbonyl (C=O) groups excluding carboxylic acids is 1. The number of hydrogen-bond acceptors (Lipinski definition) is 8. The van der Waals surface area contributed by atoms with Crippen molar-refractivity contribution in [2.24, 2.45) is 0 Å². The predicted molar refractivity (Wildman–Crippen MR) is 116 cm³/mol. The minimum absolute atomic E-state index is 0.0354. The summed E-state index contributed by atoms with van der Waals surface area (Å²) in [5.74, 6) is -0.190. The molecule has 0 aliphatic carbocycles. The van der Waals surface area contributed by atoms with Gasteiger partial charge in [-0.1, -0.05) is 29.2 Å². The summed E-state index contributed by atoms with van der Waals surface area (Å²) in [4.78, 5) is 13.9. The van der Waals surface area contributed by atoms with E-state index >= 15 is 0 Å². The van der Waals surface area contributed by atoms with Crippen molar-refractivity contribution in [3.8, 4) is 0 Å². The van der Waals surface area contributed by atoms with E-state index in [1.165, 1.54) is 44.4 Å². The van der Waals surface area contributed by atoms with Crippen LogP contribution >= 0.6 is 34.4 Å². The molecule has 3 aromatic rings. The molecule has 12 heteroatoms. The first kappa shape index (κ1) is 21.4. The van der Waals surface area contributed by atoms with Crippen molar-refractivity contribution >= 4 is 55.5 Å². The van der Waals surface area contributed by atoms with E-state index < -0.39 is 27.8 Å². The van der Waals surface area contributed by atoms with E-state index in [0.717, 1.165) is 22.2 Å². The third-order valence-electron chi connectivity index (χ3n) is 4.48. The summed E-state index contributed by atoms with van der Waals surface area (Å²) in [6.45, 7) is 0.232. The Morgan fingerprint density at radius 3 is 2.80 bits per heavy atom. The molecule has 1 N–H and O–H groups in total. The number of thioether (sulfide) groups is 1. The Labute approximate surface area is 185 Å². The second-order valence-corrected chi connectivity index (χ2v) is 11.6. The molecule has 0 bridgehead atoms. The van der Waals surface area contributed by atoms with Crippen molar-refractivity contribution in [1.82, 2.24) is 14.5 Å². The highest BCUT2D eigenvalue weighted by Crippen LogP contribution is 2.31. The first-order chi connectivity index (χ1) is 14.4. The molecule has 1 aliphatic heterocycles. The van der Waals surface area contributed by atoms with E-state index in [1.54, 1.807) is 11.3 Å². The molecule has 1 atom stereocenters. The molecule has 1 aliphatic rings. The van der Waals surface area contributed by atoms with Gasteiger partial charge in [0.15, 0.2) is 4.34 Å². The van der Waals surface area contributed by atoms with Gasteiger partial charge in [-0.05, 0) is 48.6 Å². The second kappa shape index (κ2) is 9.10. The van der Waals surface area contributed by atoms with Crippen molar-refractivity contribution in [3.05, 3.63) is 52.5 Å². The van der Waals surface area contributed by atoms with Crippen LogP contribution in [-0.2, 0) is 20.6 Å². The predicted octanol–water partition coefficient (Wildman–Crippen LogP) is 3.82. The molecule has 7 nitrogen and oxygen atoms in total. The topological polar surface area (TPSA) is 92.3 Å². The fraction of sp³-hybridized carbons (Fsp3) is 0.278. The number of carbonyl (C=O) groups is 1. The van der Waals surface area contributed by atoms with Gasteiger partial charge in [-0.15, -0.1) is 21.5 Å². The highest BCUT2D eigenvalue weighted by Gasteiger charge is 2.39. The van der Waals surface area contributed by atoms with E-state index in [2.05, 4.69) is 15.5 Å². The lowest BCUT2D eigenvalue weighted by Crippen LogP contribution is -2.43. The monoisotopic (exact) mass is 484 g/mol. The number of amides is 1. The van der Waals surface area contributed by atoms with Gasteiger partial charge in [0.1, 0.15) is 11.9 Å². The van der Waals surface area contributed by atoms with Gasteiger partial charge in [0.05, 0.1) is 4.90 Å². The summed E-state index contributed by atoms with van der Waals surface area (Å²) in [6.07, 6.45) is 0.974. The van der Waals surface area contributed by atoms with Crippen LogP contribution in [0.2, 0.25) is 0 Å². The number of aromatic nitrogens is 2. The first-order valence-corrected chi connectivity index (χ1v) is 13.1. The van der Waals surface area contributed by atoms with Crippen LogP contribution in [0.5, 0.6) is 0 Å². The van der Waals surface area contributed by atoms with Crippen LogP contribution in [0.15, 0.2) is 51.0 Å². The maximum atomic E-state index is 13.2. The van der Waals surface area contributed by atoms with E-state index in [1.807, 2.05) is 17.5 Å². The number of nitrogens with one attached hydrogen (secondary N) is 1. The van der Waals surface area contributed by atoms with Crippen molar-refractivity contribution in [2.45, 2.75) is 33.9 Å². The third-order valence-corrected chi connectivity index (χ3v) is 9.48. The Hall–Kier alpha value is -1.86. The number of rotatable bonds is 7. The Morgan fingerprint density at radius 1 is 1.27 bits per heavy atom. The van der Waals surface area contributed by atoms with Crippen LogP contribution in [0.4, 0.5) is 9.52 Å². The molecule has 4 rings (SSSR count). The summed E-state index contributed by atoms with van der Waals surface area (Å²) in [5.41, 5.74) is 0. The average molecular weight is 485 g/mol. The Balaban J connectivity index is 1.42. The van der Waals surface area contributed by atoms with Crippen LogP contribution in [0, 0.1) is 5.82 Å². The van der Waals surface area contributed by atoms with Gasteiger partial charge in [0.25, 0.3) is 0 Å². The molecule has 30 heavy (non-hydrogen) atoms. The number of benzene rings is 1. The number of sulfonamides is 1. The molecule has 3 heterocycles. The zero-order valence-electron chi connectivity index (χ0n) is 15.5. The van der Waals surface area contributed by atoms with Crippen molar-refractivity contribution in [1.29, 1.82) is 0 Å². The molecule has 158 valence electrons. The molecule has 1 amide bonds. The Bertz CT molecular complexity index is 1120. The summed E-state index contributed by atoms with van der Waals surface area (Å²) in [5, 5.41) is 13.1. The van der Waals surface area contributed by atoms with Crippen LogP contribution in [0.25, 0.3) is 0 Å². The van der Waals surface area contributed by atoms with E-state index in [-0.39, 0.29) is 11.4 Å². The van der Waals surface area contributed by atoms with Crippen LogP contribution in [0.1, 0.15) is 17.7 Å². The highest BCUT2D eigenvalue weighted by molar-refractivity contribution is 8.00. The number of thiophene rings is 1. The zero-order chi connectivity index (χ0) is 21.1. The molecule has 0 radical (unpaired) electrons. The van der Waals surface area contributed by atoms with E-state index in [9.17, 15) is 17.6 Å². The van der Waals surface area contributed by atoms with Crippen LogP contribution in [-0.4, -0.2) is 41.4 Å². The third kappa shape index (κ3) is 4.72. The minimum Gasteiger partial charge on any atom is -0.299 e. The first-order valence-electron chi connectivity index (χ1n) is 9.00. The Kier molecular flexibility index (Phi) is 6.48. The van der Waals surface area contributed by atoms with Crippen LogP contribution < -0.4 is 5.32 Å². The lowest BCUT2D eigenvalue weighted by Gasteiger charge is -2.22. The minimum atomic E-state index is -3.90. The molecule has 1 saturated heterocycles. The van der Waals surface area contributed by atoms with Crippen molar-refractivity contribution in [3.63, 3.8) is 0 Å². The van der Waals surface area contributed by atoms with Gasteiger partial charge in [-0.3, -0.25) is 10.1 Å². The van der Waals surface area contributed by atoms with Crippen molar-refractivity contribution in [2.75, 3.05) is 11.9 Å². The molecular weight excluding hydrogens is 467 g/mol. The highest BCUT2D eigenvalue weighted by atomic mass is 32.2. The molecule has 1 fully saturated rings. The standard InChI is InChI=1S/C18H17FN4O3S4/c19-12-5-7-14(8-6-12)30(25,26)23-9-1-4-15(23)16(24)20-17-21-22-18(29-17)28-11-13-3-2-10-27-13/h2-3,5-8,10,15H,1,4,9,11H2,(H,20,21,24)/t15-/m0/s1. The Morgan fingerprint density at radius 2 is 2.07 bits per heavy atom. The lowest BCUT2D eigenvalue weighted by molar-refractivity contribution is -0.119. The van der Waals surface area contributed by atoms with Gasteiger partial charge in [-0.2, -0.15) is 4.31 Å². The van der Waals surface area contributed by atoms with Gasteiger partial charge >= 0.3 is 0 Å². The molecule has 0 saturated carbocycles. The number of nitrogens with zero attached hydrogens (tertiary/aromatic N) is 3. The lowest BCUT2D eigenvalue weighted by atomic mass is 10.2. The quantitative estimate of drug-likeness (QED) is 0.405. The number of anilines is 1. The van der Waals surface area contributed by atoms with E-state index in [4.69, 9.17) is 0 Å². The number of hydrogen-bond donors (Lipinski definition) is 1. The normalized spacial score (nSPS) is 17.3. The average Bonchev–Trinajstić information content (AvgIpc) is 3.48. The summed E-state index contributed by atoms with van der Waals surface area (Å²) in [7, 11) is -3.90. The second-order valence-electron chi connectivity index (χ2n) is 6.46. The molecule has 0 spiro atoms. The maximum Gasteiger partial charge on any atom is 0.244 e. The summed E-state index contributed by atoms with van der Waals surface area (Å²) >= 11 is 4.44. The van der Waals surface area contributed by atoms with Gasteiger partial charge < -0.3 is 0 Å². The molecule has 0 unspecified atom stereocenters. The van der Waals surface area contributed by atoms with Crippen LogP contribution in [0.3, 0.4) is 0 Å². The fourth-order valence-electron chi connectivity index (χ4n) is 3.07. The fourth-order valence-corrected chi connectivity index (χ4v) is 7.25. The zero-order valence-corrected chi connectivity index (χ0v) is 18.8. The van der Waals surface area contributed by atoms with Crippen molar-refractivity contribution < 1.29 is 17.6 Å². The largest absolute Gasteiger partial charge is 0.299 e. The molecule has 2 aromatic heterocycles. The maximum absolute atomic E-state index is 13.2. The number of halogens is 1. The SMILES string of the molecule is O=C(Nc1nnc(SCc2cccs2)s1)[C@@H]1CCCN1S(=O)(=O)c1ccc(F)cc1. The summed E-state index contributed by atoms with van der Waals surface area (Å²) < 4.78 is 40.9.